The predicted octanol–water partition coefficient (Wildman–Crippen LogP) is 6.63. The van der Waals surface area contributed by atoms with E-state index in [1.807, 2.05) is 0 Å². The first-order chi connectivity index (χ1) is 16.9. The molecule has 1 aromatic heterocycles. The quantitative estimate of drug-likeness (QED) is 0.253. The zero-order valence-electron chi connectivity index (χ0n) is 19.0. The van der Waals surface area contributed by atoms with Gasteiger partial charge in [-0.05, 0) is 54.4 Å². The summed E-state index contributed by atoms with van der Waals surface area (Å²) in [6.45, 7) is 1.79. The molecule has 0 spiro atoms. The molecule has 2 aromatic carbocycles. The third-order valence-corrected chi connectivity index (χ3v) is 5.39. The topological polar surface area (TPSA) is 56.3 Å². The summed E-state index contributed by atoms with van der Waals surface area (Å²) in [6, 6.07) is 11.6. The Morgan fingerprint density at radius 2 is 1.61 bits per heavy atom. The average Bonchev–Trinajstić information content (AvgIpc) is 2.82. The fourth-order valence-corrected chi connectivity index (χ4v) is 3.76. The summed E-state index contributed by atoms with van der Waals surface area (Å²) in [6.07, 6.45) is -8.94. The van der Waals surface area contributed by atoms with E-state index in [1.165, 1.54) is 12.1 Å². The van der Waals surface area contributed by atoms with Crippen LogP contribution >= 0.6 is 0 Å². The summed E-state index contributed by atoms with van der Waals surface area (Å²) in [4.78, 5) is 28.8. The minimum absolute atomic E-state index is 0.0841. The molecule has 190 valence electrons. The van der Waals surface area contributed by atoms with Crippen LogP contribution in [0.5, 0.6) is 0 Å². The van der Waals surface area contributed by atoms with Gasteiger partial charge in [-0.3, -0.25) is 9.78 Å². The molecule has 0 saturated heterocycles. The molecule has 0 aliphatic carbocycles. The Kier molecular flexibility index (Phi) is 8.17. The molecule has 3 aromatic rings. The summed E-state index contributed by atoms with van der Waals surface area (Å²) in [7, 11) is 0. The number of halogens is 6. The lowest BCUT2D eigenvalue weighted by atomic mass is 9.86. The zero-order chi connectivity index (χ0) is 26.5. The number of Topliss-reactive ketones (excluding diaryl/α,β-unsaturated/α-hetero) is 1. The number of ether oxygens (including phenoxy) is 1. The molecule has 36 heavy (non-hydrogen) atoms. The van der Waals surface area contributed by atoms with E-state index in [0.29, 0.717) is 5.56 Å². The van der Waals surface area contributed by atoms with Crippen LogP contribution in [0.4, 0.5) is 26.3 Å². The monoisotopic (exact) mass is 509 g/mol. The van der Waals surface area contributed by atoms with Crippen molar-refractivity contribution in [1.82, 2.24) is 4.98 Å². The third-order valence-electron chi connectivity index (χ3n) is 5.39. The third kappa shape index (κ3) is 6.71. The minimum atomic E-state index is -4.79. The van der Waals surface area contributed by atoms with Gasteiger partial charge >= 0.3 is 18.3 Å². The van der Waals surface area contributed by atoms with Crippen molar-refractivity contribution in [1.29, 1.82) is 0 Å². The summed E-state index contributed by atoms with van der Waals surface area (Å²) in [5.74, 6) is -2.32. The molecule has 1 atom stereocenters. The first-order valence-corrected chi connectivity index (χ1v) is 10.9. The average molecular weight is 509 g/mol. The molecular formula is C26H21F6NO3. The molecule has 0 bridgehead atoms. The van der Waals surface area contributed by atoms with E-state index >= 15 is 0 Å². The maximum Gasteiger partial charge on any atom is 0.418 e. The number of rotatable bonds is 8. The van der Waals surface area contributed by atoms with Crippen molar-refractivity contribution in [2.24, 2.45) is 0 Å². The smallest absolute Gasteiger partial charge is 0.418 e. The Morgan fingerprint density at radius 3 is 2.22 bits per heavy atom. The first-order valence-electron chi connectivity index (χ1n) is 10.9. The van der Waals surface area contributed by atoms with Gasteiger partial charge in [0, 0.05) is 25.0 Å². The molecule has 3 rings (SSSR count). The number of aromatic nitrogens is 1. The number of alkyl halides is 6. The van der Waals surface area contributed by atoms with E-state index in [0.717, 1.165) is 42.6 Å². The van der Waals surface area contributed by atoms with E-state index < -0.39 is 53.3 Å². The molecule has 0 saturated carbocycles. The summed E-state index contributed by atoms with van der Waals surface area (Å²) in [5.41, 5.74) is -1.77. The number of ketones is 1. The second kappa shape index (κ2) is 10.9. The van der Waals surface area contributed by atoms with Gasteiger partial charge in [-0.1, -0.05) is 24.3 Å². The number of carbonyl (C=O) groups excluding carboxylic acids is 2. The molecule has 0 unspecified atom stereocenters. The predicted molar refractivity (Wildman–Crippen MR) is 118 cm³/mol. The van der Waals surface area contributed by atoms with Crippen LogP contribution in [0.3, 0.4) is 0 Å². The number of hydrogen-bond donors (Lipinski definition) is 0. The maximum absolute atomic E-state index is 13.7. The molecule has 0 N–H and O–H groups in total. The zero-order valence-corrected chi connectivity index (χ0v) is 19.0. The fourth-order valence-electron chi connectivity index (χ4n) is 3.76. The number of benzene rings is 2. The van der Waals surface area contributed by atoms with Crippen molar-refractivity contribution in [3.8, 4) is 0 Å². The van der Waals surface area contributed by atoms with E-state index in [-0.39, 0.29) is 24.2 Å². The number of pyridine rings is 1. The Balaban J connectivity index is 1.95. The van der Waals surface area contributed by atoms with Crippen LogP contribution in [-0.4, -0.2) is 23.3 Å². The van der Waals surface area contributed by atoms with Crippen LogP contribution in [0, 0.1) is 0 Å². The van der Waals surface area contributed by atoms with Crippen LogP contribution in [0.25, 0.3) is 0 Å². The molecule has 0 fully saturated rings. The molecule has 0 aliphatic heterocycles. The van der Waals surface area contributed by atoms with Gasteiger partial charge in [-0.15, -0.1) is 0 Å². The van der Waals surface area contributed by atoms with Crippen LogP contribution < -0.4 is 0 Å². The van der Waals surface area contributed by atoms with Crippen molar-refractivity contribution in [3.05, 3.63) is 100 Å². The lowest BCUT2D eigenvalue weighted by molar-refractivity contribution is -0.139. The van der Waals surface area contributed by atoms with Gasteiger partial charge in [-0.25, -0.2) is 4.79 Å². The Hall–Kier alpha value is -3.69. The van der Waals surface area contributed by atoms with Crippen molar-refractivity contribution in [2.45, 2.75) is 38.0 Å². The van der Waals surface area contributed by atoms with Gasteiger partial charge in [0.15, 0.2) is 0 Å². The van der Waals surface area contributed by atoms with Gasteiger partial charge in [0.2, 0.25) is 0 Å². The molecular weight excluding hydrogens is 488 g/mol. The van der Waals surface area contributed by atoms with Gasteiger partial charge in [0.1, 0.15) is 5.78 Å². The Morgan fingerprint density at radius 1 is 0.917 bits per heavy atom. The van der Waals surface area contributed by atoms with Crippen LogP contribution in [-0.2, 0) is 28.3 Å². The Labute approximate surface area is 202 Å². The normalized spacial score (nSPS) is 12.8. The molecule has 4 nitrogen and oxygen atoms in total. The van der Waals surface area contributed by atoms with Gasteiger partial charge in [0.25, 0.3) is 0 Å². The van der Waals surface area contributed by atoms with E-state index in [2.05, 4.69) is 4.98 Å². The van der Waals surface area contributed by atoms with Crippen LogP contribution in [0.1, 0.15) is 57.6 Å². The van der Waals surface area contributed by atoms with Gasteiger partial charge in [0.05, 0.1) is 29.0 Å². The van der Waals surface area contributed by atoms with Gasteiger partial charge in [-0.2, -0.15) is 26.3 Å². The maximum atomic E-state index is 13.7. The highest BCUT2D eigenvalue weighted by molar-refractivity contribution is 5.90. The van der Waals surface area contributed by atoms with Crippen molar-refractivity contribution in [3.63, 3.8) is 0 Å². The lowest BCUT2D eigenvalue weighted by Crippen LogP contribution is -2.18. The van der Waals surface area contributed by atoms with Crippen molar-refractivity contribution >= 4 is 11.8 Å². The van der Waals surface area contributed by atoms with Crippen LogP contribution in [0.15, 0.2) is 66.9 Å². The second-order valence-corrected chi connectivity index (χ2v) is 7.95. The highest BCUT2D eigenvalue weighted by Crippen LogP contribution is 2.39. The highest BCUT2D eigenvalue weighted by Gasteiger charge is 2.37. The number of carbonyl (C=O) groups is 2. The van der Waals surface area contributed by atoms with E-state index in [9.17, 15) is 35.9 Å². The molecule has 1 heterocycles. The number of esters is 1. The van der Waals surface area contributed by atoms with E-state index in [4.69, 9.17) is 4.74 Å². The van der Waals surface area contributed by atoms with E-state index in [1.54, 1.807) is 19.1 Å². The summed E-state index contributed by atoms with van der Waals surface area (Å²) >= 11 is 0. The molecule has 0 amide bonds. The second-order valence-electron chi connectivity index (χ2n) is 7.95. The summed E-state index contributed by atoms with van der Waals surface area (Å²) in [5, 5.41) is 0. The minimum Gasteiger partial charge on any atom is -0.462 e. The fraction of sp³-hybridized carbons (Fsp3) is 0.269. The van der Waals surface area contributed by atoms with Crippen molar-refractivity contribution < 1.29 is 40.7 Å². The largest absolute Gasteiger partial charge is 0.462 e. The molecule has 10 heteroatoms. The number of hydrogen-bond acceptors (Lipinski definition) is 4. The SMILES string of the molecule is CCOC(=O)c1cccc(CC(=O)C[C@@H](c2ccc(C(F)(F)F)cc2)c2ncccc2C(F)(F)F)c1. The lowest BCUT2D eigenvalue weighted by Gasteiger charge is -2.21. The van der Waals surface area contributed by atoms with Gasteiger partial charge < -0.3 is 4.74 Å². The van der Waals surface area contributed by atoms with Crippen molar-refractivity contribution in [2.75, 3.05) is 6.61 Å². The van der Waals surface area contributed by atoms with Crippen LogP contribution in [0.2, 0.25) is 0 Å². The summed E-state index contributed by atoms with van der Waals surface area (Å²) < 4.78 is 85.0. The highest BCUT2D eigenvalue weighted by atomic mass is 19.4. The number of nitrogens with zero attached hydrogens (tertiary/aromatic N) is 1. The first kappa shape index (κ1) is 26.9. The molecule has 0 aliphatic rings. The molecule has 0 radical (unpaired) electrons. The standard InChI is InChI=1S/C26H21F6NO3/c1-2-36-24(35)18-6-3-5-16(13-18)14-20(34)15-21(17-8-10-19(11-9-17)25(27,28)29)23-22(26(30,31)32)7-4-12-33-23/h3-13,21H,2,14-15H2,1H3/t21-/m0/s1. The Bertz CT molecular complexity index is 1220.